The van der Waals surface area contributed by atoms with Crippen molar-refractivity contribution in [3.05, 3.63) is 146 Å². The van der Waals surface area contributed by atoms with Crippen molar-refractivity contribution < 1.29 is 0 Å². The second kappa shape index (κ2) is 8.88. The summed E-state index contributed by atoms with van der Waals surface area (Å²) in [6.45, 7) is 0. The predicted molar refractivity (Wildman–Crippen MR) is 173 cm³/mol. The molecule has 1 aliphatic heterocycles. The van der Waals surface area contributed by atoms with Crippen LogP contribution in [0.4, 0.5) is 17.2 Å². The Hall–Kier alpha value is -5.74. The van der Waals surface area contributed by atoms with Gasteiger partial charge < -0.3 is 4.57 Å². The number of benzene rings is 6. The molecular formula is C38H24N4. The van der Waals surface area contributed by atoms with Gasteiger partial charge in [0.25, 0.3) is 0 Å². The van der Waals surface area contributed by atoms with Gasteiger partial charge in [0.2, 0.25) is 0 Å². The average molecular weight is 537 g/mol. The second-order valence-electron chi connectivity index (χ2n) is 10.7. The number of para-hydroxylation sites is 2. The lowest BCUT2D eigenvalue weighted by atomic mass is 9.90. The zero-order valence-corrected chi connectivity index (χ0v) is 22.6. The number of hydrogen-bond acceptors (Lipinski definition) is 3. The van der Waals surface area contributed by atoms with E-state index in [1.165, 1.54) is 43.7 Å². The molecule has 196 valence electrons. The van der Waals surface area contributed by atoms with E-state index in [4.69, 9.17) is 4.98 Å². The van der Waals surface area contributed by atoms with Crippen LogP contribution in [0, 0.1) is 0 Å². The third-order valence-electron chi connectivity index (χ3n) is 8.44. The summed E-state index contributed by atoms with van der Waals surface area (Å²) in [5.41, 5.74) is 10.3. The number of rotatable bonds is 3. The number of aromatic nitrogens is 3. The first kappa shape index (κ1) is 23.0. The zero-order valence-electron chi connectivity index (χ0n) is 22.6. The Labute approximate surface area is 242 Å². The summed E-state index contributed by atoms with van der Waals surface area (Å²) in [5, 5.41) is 4.94. The molecule has 0 spiro atoms. The van der Waals surface area contributed by atoms with Gasteiger partial charge >= 0.3 is 0 Å². The Morgan fingerprint density at radius 1 is 0.524 bits per heavy atom. The van der Waals surface area contributed by atoms with E-state index in [9.17, 15) is 0 Å². The normalized spacial score (nSPS) is 12.2. The molecule has 2 aromatic heterocycles. The topological polar surface area (TPSA) is 34.0 Å². The molecule has 4 nitrogen and oxygen atoms in total. The Morgan fingerprint density at radius 3 is 1.98 bits per heavy atom. The first-order chi connectivity index (χ1) is 20.8. The van der Waals surface area contributed by atoms with Crippen LogP contribution in [0.5, 0.6) is 0 Å². The quantitative estimate of drug-likeness (QED) is 0.225. The molecule has 9 rings (SSSR count). The fourth-order valence-electron chi connectivity index (χ4n) is 6.62. The van der Waals surface area contributed by atoms with Gasteiger partial charge in [0, 0.05) is 39.3 Å². The summed E-state index contributed by atoms with van der Waals surface area (Å²) in [6, 6.07) is 47.7. The minimum atomic E-state index is 0.889. The monoisotopic (exact) mass is 536 g/mol. The van der Waals surface area contributed by atoms with Crippen molar-refractivity contribution >= 4 is 49.8 Å². The van der Waals surface area contributed by atoms with Crippen molar-refractivity contribution in [2.45, 2.75) is 0 Å². The molecule has 6 aromatic carbocycles. The van der Waals surface area contributed by atoms with Crippen LogP contribution in [0.25, 0.3) is 60.5 Å². The predicted octanol–water partition coefficient (Wildman–Crippen LogP) is 9.84. The van der Waals surface area contributed by atoms with Gasteiger partial charge in [-0.15, -0.1) is 0 Å². The van der Waals surface area contributed by atoms with Crippen LogP contribution in [-0.2, 0) is 0 Å². The summed E-state index contributed by atoms with van der Waals surface area (Å²) >= 11 is 0. The van der Waals surface area contributed by atoms with Gasteiger partial charge in [0.05, 0.1) is 16.7 Å². The molecule has 0 fully saturated rings. The van der Waals surface area contributed by atoms with Crippen LogP contribution in [0.1, 0.15) is 0 Å². The van der Waals surface area contributed by atoms with E-state index >= 15 is 0 Å². The molecule has 3 heterocycles. The minimum absolute atomic E-state index is 0.889. The van der Waals surface area contributed by atoms with Gasteiger partial charge in [0.15, 0.2) is 0 Å². The third kappa shape index (κ3) is 3.29. The highest BCUT2D eigenvalue weighted by atomic mass is 15.2. The molecule has 0 radical (unpaired) electrons. The average Bonchev–Trinajstić information content (AvgIpc) is 3.40. The van der Waals surface area contributed by atoms with E-state index in [0.29, 0.717) is 0 Å². The first-order valence-electron chi connectivity index (χ1n) is 14.2. The van der Waals surface area contributed by atoms with Crippen LogP contribution >= 0.6 is 0 Å². The molecule has 4 heteroatoms. The van der Waals surface area contributed by atoms with E-state index in [1.54, 1.807) is 6.33 Å². The molecular weight excluding hydrogens is 512 g/mol. The van der Waals surface area contributed by atoms with Gasteiger partial charge in [-0.1, -0.05) is 78.9 Å². The SMILES string of the molecule is c1ccc(-c2cc3c4c(cccc4c2)N(c2ccc(-n4c5ccccc5c5ccccc54)cc2)c2ncncc2-3)cc1. The van der Waals surface area contributed by atoms with Gasteiger partial charge in [-0.3, -0.25) is 4.90 Å². The van der Waals surface area contributed by atoms with Crippen LogP contribution in [0.2, 0.25) is 0 Å². The maximum absolute atomic E-state index is 4.83. The molecule has 0 unspecified atom stereocenters. The molecule has 0 atom stereocenters. The Morgan fingerprint density at radius 2 is 1.21 bits per heavy atom. The number of hydrogen-bond donors (Lipinski definition) is 0. The largest absolute Gasteiger partial charge is 0.309 e. The standard InChI is InChI=1S/C38H24N4/c1-2-9-25(10-3-1)27-21-26-11-8-16-36-37(26)32(22-27)33-23-39-24-40-38(33)42(36)29-19-17-28(18-20-29)41-34-14-6-4-12-30(34)31-13-5-7-15-35(31)41/h1-24H. The van der Waals surface area contributed by atoms with Gasteiger partial charge in [0.1, 0.15) is 12.1 Å². The summed E-state index contributed by atoms with van der Waals surface area (Å²) < 4.78 is 2.35. The lowest BCUT2D eigenvalue weighted by Crippen LogP contribution is -2.17. The summed E-state index contributed by atoms with van der Waals surface area (Å²) in [7, 11) is 0. The third-order valence-corrected chi connectivity index (χ3v) is 8.44. The highest BCUT2D eigenvalue weighted by Gasteiger charge is 2.28. The molecule has 0 aliphatic carbocycles. The lowest BCUT2D eigenvalue weighted by Gasteiger charge is -2.32. The van der Waals surface area contributed by atoms with Gasteiger partial charge in [-0.05, 0) is 76.7 Å². The van der Waals surface area contributed by atoms with Crippen molar-refractivity contribution in [1.29, 1.82) is 0 Å². The molecule has 8 aromatic rings. The Balaban J connectivity index is 1.23. The minimum Gasteiger partial charge on any atom is -0.309 e. The van der Waals surface area contributed by atoms with E-state index in [0.717, 1.165) is 34.0 Å². The van der Waals surface area contributed by atoms with Crippen LogP contribution < -0.4 is 4.90 Å². The Bertz CT molecular complexity index is 2250. The lowest BCUT2D eigenvalue weighted by molar-refractivity contribution is 1.11. The molecule has 0 saturated heterocycles. The van der Waals surface area contributed by atoms with E-state index < -0.39 is 0 Å². The van der Waals surface area contributed by atoms with Gasteiger partial charge in [-0.2, -0.15) is 0 Å². The maximum Gasteiger partial charge on any atom is 0.148 e. The van der Waals surface area contributed by atoms with Crippen molar-refractivity contribution in [2.75, 3.05) is 4.90 Å². The highest BCUT2D eigenvalue weighted by molar-refractivity contribution is 6.14. The summed E-state index contributed by atoms with van der Waals surface area (Å²) in [6.07, 6.45) is 3.59. The summed E-state index contributed by atoms with van der Waals surface area (Å²) in [5.74, 6) is 0.889. The van der Waals surface area contributed by atoms with Crippen LogP contribution in [-0.4, -0.2) is 14.5 Å². The second-order valence-corrected chi connectivity index (χ2v) is 10.7. The zero-order chi connectivity index (χ0) is 27.6. The Kier molecular flexibility index (Phi) is 4.87. The van der Waals surface area contributed by atoms with Crippen molar-refractivity contribution in [2.24, 2.45) is 0 Å². The first-order valence-corrected chi connectivity index (χ1v) is 14.2. The molecule has 0 saturated carbocycles. The van der Waals surface area contributed by atoms with E-state index in [-0.39, 0.29) is 0 Å². The fraction of sp³-hybridized carbons (Fsp3) is 0. The molecule has 0 bridgehead atoms. The smallest absolute Gasteiger partial charge is 0.148 e. The van der Waals surface area contributed by atoms with Crippen molar-refractivity contribution in [3.8, 4) is 27.9 Å². The van der Waals surface area contributed by atoms with Crippen molar-refractivity contribution in [1.82, 2.24) is 14.5 Å². The molecule has 1 aliphatic rings. The number of nitrogens with zero attached hydrogens (tertiary/aromatic N) is 4. The number of anilines is 3. The summed E-state index contributed by atoms with van der Waals surface area (Å²) in [4.78, 5) is 11.6. The molecule has 42 heavy (non-hydrogen) atoms. The number of fused-ring (bicyclic) bond motifs is 5. The molecule has 0 N–H and O–H groups in total. The van der Waals surface area contributed by atoms with E-state index in [2.05, 4.69) is 148 Å². The maximum atomic E-state index is 4.83. The van der Waals surface area contributed by atoms with Crippen LogP contribution in [0.3, 0.4) is 0 Å². The fourth-order valence-corrected chi connectivity index (χ4v) is 6.62. The highest BCUT2D eigenvalue weighted by Crippen LogP contribution is 2.50. The molecule has 0 amide bonds. The van der Waals surface area contributed by atoms with Gasteiger partial charge in [-0.25, -0.2) is 9.97 Å². The van der Waals surface area contributed by atoms with Crippen molar-refractivity contribution in [3.63, 3.8) is 0 Å². The van der Waals surface area contributed by atoms with Crippen LogP contribution in [0.15, 0.2) is 146 Å². The van der Waals surface area contributed by atoms with E-state index in [1.807, 2.05) is 6.20 Å².